The van der Waals surface area contributed by atoms with Crippen molar-refractivity contribution < 1.29 is 9.84 Å². The van der Waals surface area contributed by atoms with Gasteiger partial charge in [0.05, 0.1) is 6.10 Å². The SMILES string of the molecule is CC(C)(C)CN1CCC(OCCCO)CC1. The second kappa shape index (κ2) is 6.58. The molecule has 0 radical (unpaired) electrons. The first kappa shape index (κ1) is 13.9. The highest BCUT2D eigenvalue weighted by molar-refractivity contribution is 4.76. The quantitative estimate of drug-likeness (QED) is 0.731. The third-order valence-corrected chi connectivity index (χ3v) is 2.89. The predicted molar refractivity (Wildman–Crippen MR) is 66.6 cm³/mol. The third kappa shape index (κ3) is 5.83. The summed E-state index contributed by atoms with van der Waals surface area (Å²) in [5.74, 6) is 0. The molecule has 0 bridgehead atoms. The molecule has 0 saturated carbocycles. The summed E-state index contributed by atoms with van der Waals surface area (Å²) < 4.78 is 5.72. The van der Waals surface area contributed by atoms with Crippen LogP contribution in [0, 0.1) is 5.41 Å². The molecule has 0 aromatic heterocycles. The van der Waals surface area contributed by atoms with Crippen molar-refractivity contribution in [2.24, 2.45) is 5.41 Å². The number of aliphatic hydroxyl groups is 1. The summed E-state index contributed by atoms with van der Waals surface area (Å²) in [6.07, 6.45) is 3.47. The van der Waals surface area contributed by atoms with E-state index in [1.165, 1.54) is 6.54 Å². The van der Waals surface area contributed by atoms with Crippen LogP contribution in [0.1, 0.15) is 40.0 Å². The summed E-state index contributed by atoms with van der Waals surface area (Å²) in [4.78, 5) is 2.53. The van der Waals surface area contributed by atoms with Crippen LogP contribution in [0.4, 0.5) is 0 Å². The molecule has 1 saturated heterocycles. The number of aliphatic hydroxyl groups excluding tert-OH is 1. The molecular weight excluding hydrogens is 202 g/mol. The summed E-state index contributed by atoms with van der Waals surface area (Å²) in [6.45, 7) is 11.3. The van der Waals surface area contributed by atoms with Gasteiger partial charge in [-0.1, -0.05) is 20.8 Å². The zero-order valence-corrected chi connectivity index (χ0v) is 11.0. The van der Waals surface area contributed by atoms with E-state index in [4.69, 9.17) is 9.84 Å². The van der Waals surface area contributed by atoms with Gasteiger partial charge in [0, 0.05) is 32.8 Å². The standard InChI is InChI=1S/C13H27NO2/c1-13(2,3)11-14-7-5-12(6-8-14)16-10-4-9-15/h12,15H,4-11H2,1-3H3. The smallest absolute Gasteiger partial charge is 0.0599 e. The van der Waals surface area contributed by atoms with E-state index in [9.17, 15) is 0 Å². The number of likely N-dealkylation sites (tertiary alicyclic amines) is 1. The first-order valence-electron chi connectivity index (χ1n) is 6.46. The fraction of sp³-hybridized carbons (Fsp3) is 1.00. The summed E-state index contributed by atoms with van der Waals surface area (Å²) in [5, 5.41) is 8.68. The number of rotatable bonds is 5. The van der Waals surface area contributed by atoms with Gasteiger partial charge in [0.25, 0.3) is 0 Å². The average molecular weight is 229 g/mol. The summed E-state index contributed by atoms with van der Waals surface area (Å²) in [6, 6.07) is 0. The van der Waals surface area contributed by atoms with Crippen LogP contribution in [0.2, 0.25) is 0 Å². The molecule has 1 N–H and O–H groups in total. The lowest BCUT2D eigenvalue weighted by Gasteiger charge is -2.35. The van der Waals surface area contributed by atoms with E-state index in [0.717, 1.165) is 32.4 Å². The van der Waals surface area contributed by atoms with Gasteiger partial charge in [0.2, 0.25) is 0 Å². The van der Waals surface area contributed by atoms with Gasteiger partial charge in [0.15, 0.2) is 0 Å². The highest BCUT2D eigenvalue weighted by Crippen LogP contribution is 2.20. The largest absolute Gasteiger partial charge is 0.396 e. The van der Waals surface area contributed by atoms with Crippen LogP contribution in [0.25, 0.3) is 0 Å². The van der Waals surface area contributed by atoms with Crippen molar-refractivity contribution in [1.29, 1.82) is 0 Å². The van der Waals surface area contributed by atoms with E-state index in [1.54, 1.807) is 0 Å². The minimum Gasteiger partial charge on any atom is -0.396 e. The van der Waals surface area contributed by atoms with Gasteiger partial charge < -0.3 is 14.7 Å². The van der Waals surface area contributed by atoms with Crippen LogP contribution < -0.4 is 0 Å². The maximum absolute atomic E-state index is 8.68. The minimum absolute atomic E-state index is 0.239. The number of ether oxygens (including phenoxy) is 1. The molecule has 16 heavy (non-hydrogen) atoms. The highest BCUT2D eigenvalue weighted by atomic mass is 16.5. The molecule has 0 spiro atoms. The lowest BCUT2D eigenvalue weighted by molar-refractivity contribution is -0.00315. The molecule has 0 aromatic carbocycles. The van der Waals surface area contributed by atoms with Crippen LogP contribution in [-0.4, -0.2) is 49.0 Å². The maximum atomic E-state index is 8.68. The molecule has 1 heterocycles. The zero-order valence-electron chi connectivity index (χ0n) is 11.0. The normalized spacial score (nSPS) is 20.2. The molecule has 0 aromatic rings. The van der Waals surface area contributed by atoms with Crippen molar-refractivity contribution in [3.63, 3.8) is 0 Å². The summed E-state index contributed by atoms with van der Waals surface area (Å²) >= 11 is 0. The average Bonchev–Trinajstić information content (AvgIpc) is 2.19. The zero-order chi connectivity index (χ0) is 12.0. The number of piperidine rings is 1. The second-order valence-corrected chi connectivity index (χ2v) is 5.98. The van der Waals surface area contributed by atoms with Gasteiger partial charge >= 0.3 is 0 Å². The molecule has 3 heteroatoms. The van der Waals surface area contributed by atoms with Crippen LogP contribution in [0.15, 0.2) is 0 Å². The van der Waals surface area contributed by atoms with Gasteiger partial charge in [-0.05, 0) is 24.7 Å². The second-order valence-electron chi connectivity index (χ2n) is 5.98. The molecule has 3 nitrogen and oxygen atoms in total. The van der Waals surface area contributed by atoms with Crippen LogP contribution in [0.5, 0.6) is 0 Å². The van der Waals surface area contributed by atoms with E-state index in [0.29, 0.717) is 18.1 Å². The Kier molecular flexibility index (Phi) is 5.73. The van der Waals surface area contributed by atoms with Gasteiger partial charge in [-0.15, -0.1) is 0 Å². The van der Waals surface area contributed by atoms with E-state index in [-0.39, 0.29) is 6.61 Å². The highest BCUT2D eigenvalue weighted by Gasteiger charge is 2.22. The Labute approximate surface area is 99.8 Å². The monoisotopic (exact) mass is 229 g/mol. The fourth-order valence-corrected chi connectivity index (χ4v) is 2.22. The van der Waals surface area contributed by atoms with E-state index in [1.807, 2.05) is 0 Å². The van der Waals surface area contributed by atoms with Crippen molar-refractivity contribution >= 4 is 0 Å². The summed E-state index contributed by atoms with van der Waals surface area (Å²) in [7, 11) is 0. The predicted octanol–water partition coefficient (Wildman–Crippen LogP) is 1.90. The Hall–Kier alpha value is -0.120. The Bertz CT molecular complexity index is 181. The van der Waals surface area contributed by atoms with Crippen molar-refractivity contribution in [2.45, 2.75) is 46.1 Å². The molecule has 1 rings (SSSR count). The van der Waals surface area contributed by atoms with E-state index in [2.05, 4.69) is 25.7 Å². The molecule has 0 aliphatic carbocycles. The van der Waals surface area contributed by atoms with Crippen molar-refractivity contribution in [3.8, 4) is 0 Å². The molecule has 0 atom stereocenters. The topological polar surface area (TPSA) is 32.7 Å². The van der Waals surface area contributed by atoms with E-state index >= 15 is 0 Å². The minimum atomic E-state index is 0.239. The molecular formula is C13H27NO2. The lowest BCUT2D eigenvalue weighted by Crippen LogP contribution is -2.41. The number of nitrogens with zero attached hydrogens (tertiary/aromatic N) is 1. The van der Waals surface area contributed by atoms with Crippen LogP contribution >= 0.6 is 0 Å². The van der Waals surface area contributed by atoms with Gasteiger partial charge in [0.1, 0.15) is 0 Å². The fourth-order valence-electron chi connectivity index (χ4n) is 2.22. The Morgan fingerprint density at radius 1 is 1.25 bits per heavy atom. The first-order chi connectivity index (χ1) is 7.51. The van der Waals surface area contributed by atoms with Crippen LogP contribution in [-0.2, 0) is 4.74 Å². The maximum Gasteiger partial charge on any atom is 0.0599 e. The van der Waals surface area contributed by atoms with Gasteiger partial charge in [-0.3, -0.25) is 0 Å². The third-order valence-electron chi connectivity index (χ3n) is 2.89. The molecule has 0 unspecified atom stereocenters. The molecule has 0 amide bonds. The number of hydrogen-bond acceptors (Lipinski definition) is 3. The summed E-state index contributed by atoms with van der Waals surface area (Å²) in [5.41, 5.74) is 0.393. The lowest BCUT2D eigenvalue weighted by atomic mass is 9.94. The van der Waals surface area contributed by atoms with Crippen molar-refractivity contribution in [1.82, 2.24) is 4.90 Å². The van der Waals surface area contributed by atoms with Crippen molar-refractivity contribution in [2.75, 3.05) is 32.8 Å². The van der Waals surface area contributed by atoms with Gasteiger partial charge in [-0.25, -0.2) is 0 Å². The molecule has 1 fully saturated rings. The molecule has 96 valence electrons. The Morgan fingerprint density at radius 2 is 1.88 bits per heavy atom. The Morgan fingerprint density at radius 3 is 2.38 bits per heavy atom. The van der Waals surface area contributed by atoms with Gasteiger partial charge in [-0.2, -0.15) is 0 Å². The first-order valence-corrected chi connectivity index (χ1v) is 6.46. The number of hydrogen-bond donors (Lipinski definition) is 1. The molecule has 1 aliphatic rings. The molecule has 1 aliphatic heterocycles. The van der Waals surface area contributed by atoms with Crippen molar-refractivity contribution in [3.05, 3.63) is 0 Å². The Balaban J connectivity index is 2.13. The van der Waals surface area contributed by atoms with E-state index < -0.39 is 0 Å². The van der Waals surface area contributed by atoms with Crippen LogP contribution in [0.3, 0.4) is 0 Å².